The highest BCUT2D eigenvalue weighted by Crippen LogP contribution is 2.50. The molecule has 30 heavy (non-hydrogen) atoms. The van der Waals surface area contributed by atoms with E-state index in [0.29, 0.717) is 6.42 Å². The first-order valence-corrected chi connectivity index (χ1v) is 12.5. The summed E-state index contributed by atoms with van der Waals surface area (Å²) in [5, 5.41) is 0. The minimum atomic E-state index is -5.64. The van der Waals surface area contributed by atoms with Gasteiger partial charge in [0.15, 0.2) is 0 Å². The fourth-order valence-electron chi connectivity index (χ4n) is 2.40. The molecule has 0 saturated carbocycles. The first-order valence-electron chi connectivity index (χ1n) is 9.60. The number of hydrogen-bond donors (Lipinski definition) is 1. The van der Waals surface area contributed by atoms with E-state index < -0.39 is 15.6 Å². The van der Waals surface area contributed by atoms with Gasteiger partial charge in [0.05, 0.1) is 14.4 Å². The Morgan fingerprint density at radius 2 is 1.13 bits per heavy atom. The third-order valence-electron chi connectivity index (χ3n) is 4.02. The number of phosphoric ester groups is 1. The fourth-order valence-corrected chi connectivity index (χ4v) is 3.83. The molecule has 10 heteroatoms. The van der Waals surface area contributed by atoms with E-state index >= 15 is 0 Å². The largest absolute Gasteiger partial charge is 0.790 e. The lowest BCUT2D eigenvalue weighted by molar-refractivity contribution is -0.339. The van der Waals surface area contributed by atoms with E-state index in [-0.39, 0.29) is 12.8 Å². The zero-order valence-electron chi connectivity index (χ0n) is 19.0. The molecule has 0 radical (unpaired) electrons. The van der Waals surface area contributed by atoms with Crippen LogP contribution in [0.1, 0.15) is 73.1 Å². The average molecular weight is 465 g/mol. The smallest absolute Gasteiger partial charge is 0.272 e. The normalized spacial score (nSPS) is 15.4. The highest BCUT2D eigenvalue weighted by Gasteiger charge is 2.10. The Balaban J connectivity index is 0. The van der Waals surface area contributed by atoms with E-state index in [2.05, 4.69) is 54.8 Å². The first-order chi connectivity index (χ1) is 13.3. The van der Waals surface area contributed by atoms with Gasteiger partial charge in [0.25, 0.3) is 7.82 Å². The molecular weight excluding hydrogens is 428 g/mol. The van der Waals surface area contributed by atoms with Crippen LogP contribution in [0.3, 0.4) is 0 Å². The van der Waals surface area contributed by atoms with E-state index in [4.69, 9.17) is 0 Å². The molecule has 0 heterocycles. The highest BCUT2D eigenvalue weighted by molar-refractivity contribution is 7.58. The van der Waals surface area contributed by atoms with Gasteiger partial charge >= 0.3 is 0 Å². The summed E-state index contributed by atoms with van der Waals surface area (Å²) in [6, 6.07) is 0. The molecule has 0 aromatic carbocycles. The Labute approximate surface area is 181 Å². The summed E-state index contributed by atoms with van der Waals surface area (Å²) in [6.45, 7) is 9.89. The van der Waals surface area contributed by atoms with Crippen LogP contribution in [0.2, 0.25) is 0 Å². The molecule has 1 unspecified atom stereocenters. The summed E-state index contributed by atoms with van der Waals surface area (Å²) in [6.07, 6.45) is 13.9. The summed E-state index contributed by atoms with van der Waals surface area (Å²) >= 11 is 0. The van der Waals surface area contributed by atoms with Crippen molar-refractivity contribution in [2.45, 2.75) is 73.1 Å². The summed E-state index contributed by atoms with van der Waals surface area (Å²) in [4.78, 5) is 31.7. The Hall–Kier alpha value is -0.820. The standard InChI is InChI=1S/C20H36O7P2.H3N/c1-17(2)9-6-10-18(3)11-7-12-19(4)13-8-14-20(5)15-16-26-29(24,25)27-28(21,22)23;/h9,11,13,15H,6-8,10,12,14,16H2,1-5H3,(H,24,25)(H2,21,22,23);1H3/p-2/b18-11+,19-13+,20-15+;. The zero-order valence-corrected chi connectivity index (χ0v) is 20.8. The van der Waals surface area contributed by atoms with Gasteiger partial charge in [-0.3, -0.25) is 8.88 Å². The maximum atomic E-state index is 11.1. The molecule has 0 amide bonds. The van der Waals surface area contributed by atoms with Crippen molar-refractivity contribution in [1.29, 1.82) is 0 Å². The minimum absolute atomic E-state index is 0. The van der Waals surface area contributed by atoms with Crippen LogP contribution in [-0.4, -0.2) is 6.61 Å². The second kappa shape index (κ2) is 15.9. The number of allylic oxidation sites excluding steroid dienone is 7. The van der Waals surface area contributed by atoms with Crippen molar-refractivity contribution in [2.75, 3.05) is 6.61 Å². The van der Waals surface area contributed by atoms with Crippen LogP contribution in [0.15, 0.2) is 46.6 Å². The second-order valence-corrected chi connectivity index (χ2v) is 10.0. The molecule has 0 aromatic heterocycles. The van der Waals surface area contributed by atoms with Gasteiger partial charge in [0.1, 0.15) is 0 Å². The van der Waals surface area contributed by atoms with Crippen molar-refractivity contribution in [3.05, 3.63) is 46.6 Å². The zero-order chi connectivity index (χ0) is 22.5. The monoisotopic (exact) mass is 465 g/mol. The molecule has 0 aliphatic heterocycles. The third kappa shape index (κ3) is 20.5. The van der Waals surface area contributed by atoms with Crippen molar-refractivity contribution in [1.82, 2.24) is 6.15 Å². The lowest BCUT2D eigenvalue weighted by Crippen LogP contribution is -2.19. The lowest BCUT2D eigenvalue weighted by atomic mass is 10.0. The van der Waals surface area contributed by atoms with E-state index in [1.807, 2.05) is 6.92 Å². The lowest BCUT2D eigenvalue weighted by Gasteiger charge is -2.34. The number of phosphoric acid groups is 2. The van der Waals surface area contributed by atoms with Gasteiger partial charge < -0.3 is 29.9 Å². The van der Waals surface area contributed by atoms with E-state index in [1.165, 1.54) is 22.8 Å². The van der Waals surface area contributed by atoms with Gasteiger partial charge in [-0.15, -0.1) is 0 Å². The second-order valence-electron chi connectivity index (χ2n) is 7.32. The van der Waals surface area contributed by atoms with Crippen LogP contribution >= 0.6 is 15.6 Å². The molecule has 176 valence electrons. The van der Waals surface area contributed by atoms with Gasteiger partial charge in [-0.1, -0.05) is 46.6 Å². The van der Waals surface area contributed by atoms with Gasteiger partial charge in [0, 0.05) is 0 Å². The molecule has 0 rings (SSSR count). The molecule has 4 N–H and O–H groups in total. The third-order valence-corrected chi connectivity index (χ3v) is 6.08. The van der Waals surface area contributed by atoms with E-state index in [9.17, 15) is 23.8 Å². The van der Waals surface area contributed by atoms with Crippen LogP contribution in [0.4, 0.5) is 0 Å². The molecule has 0 spiro atoms. The van der Waals surface area contributed by atoms with Crippen LogP contribution in [0.25, 0.3) is 0 Å². The van der Waals surface area contributed by atoms with Crippen molar-refractivity contribution in [3.63, 3.8) is 0 Å². The van der Waals surface area contributed by atoms with Crippen molar-refractivity contribution < 1.29 is 32.6 Å². The highest BCUT2D eigenvalue weighted by atomic mass is 31.3. The van der Waals surface area contributed by atoms with Gasteiger partial charge in [-0.2, -0.15) is 0 Å². The quantitative estimate of drug-likeness (QED) is 0.284. The van der Waals surface area contributed by atoms with Crippen molar-refractivity contribution in [3.8, 4) is 0 Å². The molecule has 0 aromatic rings. The predicted octanol–water partition coefficient (Wildman–Crippen LogP) is 4.84. The molecule has 0 aliphatic carbocycles. The number of quaternary nitrogens is 1. The molecule has 0 fully saturated rings. The van der Waals surface area contributed by atoms with Gasteiger partial charge in [0.2, 0.25) is 0 Å². The topological polar surface area (TPSA) is 158 Å². The Morgan fingerprint density at radius 1 is 0.733 bits per heavy atom. The van der Waals surface area contributed by atoms with E-state index in [1.54, 1.807) is 0 Å². The van der Waals surface area contributed by atoms with Gasteiger partial charge in [-0.25, -0.2) is 0 Å². The van der Waals surface area contributed by atoms with Gasteiger partial charge in [-0.05, 0) is 73.1 Å². The Morgan fingerprint density at radius 3 is 1.53 bits per heavy atom. The van der Waals surface area contributed by atoms with Crippen LogP contribution in [0.5, 0.6) is 0 Å². The first kappa shape index (κ1) is 31.4. The maximum absolute atomic E-state index is 11.1. The predicted molar refractivity (Wildman–Crippen MR) is 117 cm³/mol. The Kier molecular flexibility index (Phi) is 16.6. The van der Waals surface area contributed by atoms with E-state index in [0.717, 1.165) is 37.7 Å². The fraction of sp³-hybridized carbons (Fsp3) is 0.600. The van der Waals surface area contributed by atoms with Crippen molar-refractivity contribution >= 4 is 15.6 Å². The van der Waals surface area contributed by atoms with Crippen LogP contribution in [0, 0.1) is 0 Å². The minimum Gasteiger partial charge on any atom is -0.790 e. The summed E-state index contributed by atoms with van der Waals surface area (Å²) in [7, 11) is -10.8. The summed E-state index contributed by atoms with van der Waals surface area (Å²) in [5.74, 6) is 0. The molecule has 0 aliphatic rings. The maximum Gasteiger partial charge on any atom is 0.272 e. The Bertz CT molecular complexity index is 717. The van der Waals surface area contributed by atoms with Crippen molar-refractivity contribution in [2.24, 2.45) is 0 Å². The summed E-state index contributed by atoms with van der Waals surface area (Å²) in [5.41, 5.74) is 4.93. The molecule has 0 bridgehead atoms. The van der Waals surface area contributed by atoms with Crippen LogP contribution in [-0.2, 0) is 18.0 Å². The summed E-state index contributed by atoms with van der Waals surface area (Å²) < 4.78 is 29.1. The molecule has 0 saturated heterocycles. The molecule has 8 nitrogen and oxygen atoms in total. The molecular formula is C20H37NO7P2-2. The van der Waals surface area contributed by atoms with Crippen LogP contribution < -0.4 is 20.8 Å². The number of hydrogen-bond acceptors (Lipinski definition) is 7. The average Bonchev–Trinajstić information content (AvgIpc) is 2.51. The molecule has 1 atom stereocenters. The SMILES string of the molecule is CC(C)=CCC/C(C)=C/CC/C(C)=C/CC/C(C)=C/COP(=O)([O-])OP(=O)([O-])[O-].[NH4+]. The number of rotatable bonds is 14.